The molecule has 116 valence electrons. The van der Waals surface area contributed by atoms with Crippen molar-refractivity contribution in [3.05, 3.63) is 29.6 Å². The molecule has 1 N–H and O–H groups in total. The Morgan fingerprint density at radius 3 is 2.43 bits per heavy atom. The van der Waals surface area contributed by atoms with E-state index in [1.54, 1.807) is 0 Å². The number of benzene rings is 1. The van der Waals surface area contributed by atoms with Crippen LogP contribution in [0.1, 0.15) is 42.5 Å². The molecule has 1 fully saturated rings. The van der Waals surface area contributed by atoms with E-state index in [9.17, 15) is 17.6 Å². The minimum atomic E-state index is -3.89. The van der Waals surface area contributed by atoms with Gasteiger partial charge in [0.05, 0.1) is 10.5 Å². The van der Waals surface area contributed by atoms with Crippen LogP contribution in [0.15, 0.2) is 23.1 Å². The summed E-state index contributed by atoms with van der Waals surface area (Å²) in [5, 5.41) is 8.91. The van der Waals surface area contributed by atoms with Gasteiger partial charge in [-0.3, -0.25) is 0 Å². The van der Waals surface area contributed by atoms with Gasteiger partial charge in [-0.2, -0.15) is 4.31 Å². The molecule has 0 atom stereocenters. The van der Waals surface area contributed by atoms with E-state index in [0.29, 0.717) is 0 Å². The largest absolute Gasteiger partial charge is 0.478 e. The van der Waals surface area contributed by atoms with Crippen LogP contribution in [0.4, 0.5) is 4.39 Å². The van der Waals surface area contributed by atoms with E-state index >= 15 is 0 Å². The van der Waals surface area contributed by atoms with Gasteiger partial charge in [0.25, 0.3) is 0 Å². The first-order valence-corrected chi connectivity index (χ1v) is 8.28. The third-order valence-electron chi connectivity index (χ3n) is 3.88. The lowest BCUT2D eigenvalue weighted by Gasteiger charge is -2.30. The molecule has 0 amide bonds. The summed E-state index contributed by atoms with van der Waals surface area (Å²) < 4.78 is 39.8. The van der Waals surface area contributed by atoms with Gasteiger partial charge in [-0.15, -0.1) is 0 Å². The number of carboxylic acid groups (broad SMARTS) is 1. The van der Waals surface area contributed by atoms with Gasteiger partial charge in [0.2, 0.25) is 10.0 Å². The second-order valence-electron chi connectivity index (χ2n) is 5.29. The number of aromatic carboxylic acids is 1. The first-order valence-electron chi connectivity index (χ1n) is 6.84. The number of rotatable bonds is 4. The van der Waals surface area contributed by atoms with E-state index in [1.165, 1.54) is 11.4 Å². The molecule has 0 bridgehead atoms. The third-order valence-corrected chi connectivity index (χ3v) is 5.77. The molecule has 0 spiro atoms. The molecule has 1 aromatic rings. The molecule has 0 heterocycles. The van der Waals surface area contributed by atoms with Crippen LogP contribution in [0.2, 0.25) is 0 Å². The molecule has 7 heteroatoms. The second kappa shape index (κ2) is 6.11. The molecule has 1 aliphatic carbocycles. The minimum Gasteiger partial charge on any atom is -0.478 e. The van der Waals surface area contributed by atoms with Crippen molar-refractivity contribution in [3.8, 4) is 0 Å². The predicted octanol–water partition coefficient (Wildman–Crippen LogP) is 2.48. The van der Waals surface area contributed by atoms with E-state index in [1.807, 2.05) is 0 Å². The number of hydrogen-bond acceptors (Lipinski definition) is 3. The predicted molar refractivity (Wildman–Crippen MR) is 75.2 cm³/mol. The molecule has 0 radical (unpaired) electrons. The monoisotopic (exact) mass is 315 g/mol. The van der Waals surface area contributed by atoms with Crippen molar-refractivity contribution in [2.45, 2.75) is 43.0 Å². The molecule has 0 unspecified atom stereocenters. The molecule has 0 aliphatic heterocycles. The van der Waals surface area contributed by atoms with Gasteiger partial charge in [0.15, 0.2) is 0 Å². The number of sulfonamides is 1. The van der Waals surface area contributed by atoms with Crippen molar-refractivity contribution >= 4 is 16.0 Å². The summed E-state index contributed by atoms with van der Waals surface area (Å²) in [4.78, 5) is 10.6. The molecule has 0 saturated heterocycles. The Hall–Kier alpha value is -1.47. The van der Waals surface area contributed by atoms with Gasteiger partial charge in [-0.05, 0) is 31.0 Å². The van der Waals surface area contributed by atoms with E-state index in [2.05, 4.69) is 0 Å². The molecular formula is C14H18FNO4S. The number of nitrogens with zero attached hydrogens (tertiary/aromatic N) is 1. The zero-order valence-corrected chi connectivity index (χ0v) is 12.6. The Morgan fingerprint density at radius 2 is 1.86 bits per heavy atom. The molecule has 5 nitrogen and oxygen atoms in total. The number of carbonyl (C=O) groups is 1. The molecule has 1 saturated carbocycles. The van der Waals surface area contributed by atoms with Crippen LogP contribution < -0.4 is 0 Å². The summed E-state index contributed by atoms with van der Waals surface area (Å²) >= 11 is 0. The Bertz CT molecular complexity index is 638. The van der Waals surface area contributed by atoms with E-state index in [0.717, 1.165) is 50.3 Å². The fourth-order valence-electron chi connectivity index (χ4n) is 2.64. The quantitative estimate of drug-likeness (QED) is 0.926. The molecule has 1 aromatic carbocycles. The molecule has 2 rings (SSSR count). The Balaban J connectivity index is 2.36. The number of hydrogen-bond donors (Lipinski definition) is 1. The average Bonchev–Trinajstić information content (AvgIpc) is 2.46. The third kappa shape index (κ3) is 3.41. The lowest BCUT2D eigenvalue weighted by atomic mass is 9.96. The lowest BCUT2D eigenvalue weighted by molar-refractivity contribution is 0.0696. The van der Waals surface area contributed by atoms with Crippen molar-refractivity contribution in [1.82, 2.24) is 4.31 Å². The summed E-state index contributed by atoms with van der Waals surface area (Å²) in [6.45, 7) is 0. The summed E-state index contributed by atoms with van der Waals surface area (Å²) in [6.07, 6.45) is 4.57. The van der Waals surface area contributed by atoms with Crippen LogP contribution in [0.3, 0.4) is 0 Å². The van der Waals surface area contributed by atoms with Crippen molar-refractivity contribution < 1.29 is 22.7 Å². The topological polar surface area (TPSA) is 74.7 Å². The van der Waals surface area contributed by atoms with Gasteiger partial charge in [0.1, 0.15) is 5.82 Å². The molecule has 1 aliphatic rings. The fourth-order valence-corrected chi connectivity index (χ4v) is 4.12. The summed E-state index contributed by atoms with van der Waals surface area (Å²) in [5.41, 5.74) is -0.370. The number of halogens is 1. The summed E-state index contributed by atoms with van der Waals surface area (Å²) in [5.74, 6) is -2.23. The first kappa shape index (κ1) is 15.9. The van der Waals surface area contributed by atoms with Gasteiger partial charge in [0, 0.05) is 13.1 Å². The van der Waals surface area contributed by atoms with Crippen molar-refractivity contribution in [2.75, 3.05) is 7.05 Å². The van der Waals surface area contributed by atoms with E-state index < -0.39 is 21.8 Å². The Labute approximate surface area is 123 Å². The van der Waals surface area contributed by atoms with Crippen LogP contribution in [-0.2, 0) is 10.0 Å². The average molecular weight is 315 g/mol. The zero-order valence-electron chi connectivity index (χ0n) is 11.8. The highest BCUT2D eigenvalue weighted by Crippen LogP contribution is 2.27. The van der Waals surface area contributed by atoms with Gasteiger partial charge >= 0.3 is 5.97 Å². The molecule has 21 heavy (non-hydrogen) atoms. The number of carboxylic acids is 1. The Kier molecular flexibility index (Phi) is 4.63. The molecular weight excluding hydrogens is 297 g/mol. The minimum absolute atomic E-state index is 0.111. The van der Waals surface area contributed by atoms with Gasteiger partial charge in [-0.1, -0.05) is 19.3 Å². The van der Waals surface area contributed by atoms with Crippen molar-refractivity contribution in [1.29, 1.82) is 0 Å². The van der Waals surface area contributed by atoms with Crippen molar-refractivity contribution in [2.24, 2.45) is 0 Å². The fraction of sp³-hybridized carbons (Fsp3) is 0.500. The van der Waals surface area contributed by atoms with Crippen LogP contribution in [0, 0.1) is 5.82 Å². The lowest BCUT2D eigenvalue weighted by Crippen LogP contribution is -2.38. The maximum atomic E-state index is 13.5. The highest BCUT2D eigenvalue weighted by atomic mass is 32.2. The van der Waals surface area contributed by atoms with Gasteiger partial charge in [-0.25, -0.2) is 17.6 Å². The van der Waals surface area contributed by atoms with Crippen LogP contribution in [0.5, 0.6) is 0 Å². The Morgan fingerprint density at radius 1 is 1.24 bits per heavy atom. The summed E-state index contributed by atoms with van der Waals surface area (Å²) in [7, 11) is -2.42. The van der Waals surface area contributed by atoms with Crippen LogP contribution >= 0.6 is 0 Å². The van der Waals surface area contributed by atoms with Crippen LogP contribution in [-0.4, -0.2) is 36.9 Å². The van der Waals surface area contributed by atoms with Crippen LogP contribution in [0.25, 0.3) is 0 Å². The smallest absolute Gasteiger partial charge is 0.335 e. The summed E-state index contributed by atoms with van der Waals surface area (Å²) in [6, 6.07) is 2.56. The normalized spacial score (nSPS) is 17.1. The zero-order chi connectivity index (χ0) is 15.6. The second-order valence-corrected chi connectivity index (χ2v) is 7.29. The van der Waals surface area contributed by atoms with E-state index in [4.69, 9.17) is 5.11 Å². The standard InChI is InChI=1S/C14H18FNO4S/c1-16(12-5-3-2-4-6-12)21(19,20)13-8-10(14(17)18)7-11(15)9-13/h7-9,12H,2-6H2,1H3,(H,17,18). The van der Waals surface area contributed by atoms with E-state index in [-0.39, 0.29) is 16.5 Å². The highest BCUT2D eigenvalue weighted by Gasteiger charge is 2.30. The molecule has 0 aromatic heterocycles. The van der Waals surface area contributed by atoms with Gasteiger partial charge < -0.3 is 5.11 Å². The highest BCUT2D eigenvalue weighted by molar-refractivity contribution is 7.89. The maximum Gasteiger partial charge on any atom is 0.335 e. The van der Waals surface area contributed by atoms with Crippen molar-refractivity contribution in [3.63, 3.8) is 0 Å². The SMILES string of the molecule is CN(C1CCCCC1)S(=O)(=O)c1cc(F)cc(C(=O)O)c1. The maximum absolute atomic E-state index is 13.5. The first-order chi connectivity index (χ1) is 9.82.